The molecule has 1 fully saturated rings. The van der Waals surface area contributed by atoms with Crippen molar-refractivity contribution in [2.24, 2.45) is 0 Å². The third-order valence-corrected chi connectivity index (χ3v) is 4.96. The first-order chi connectivity index (χ1) is 13.3. The van der Waals surface area contributed by atoms with Gasteiger partial charge in [0.25, 0.3) is 5.91 Å². The molecule has 27 heavy (non-hydrogen) atoms. The number of rotatable bonds is 5. The molecule has 0 spiro atoms. The summed E-state index contributed by atoms with van der Waals surface area (Å²) in [6.45, 7) is 2.80. The summed E-state index contributed by atoms with van der Waals surface area (Å²) in [6, 6.07) is 15.8. The Balaban J connectivity index is 1.51. The Morgan fingerprint density at radius 3 is 2.70 bits per heavy atom. The van der Waals surface area contributed by atoms with Crippen LogP contribution in [0.5, 0.6) is 0 Å². The first-order valence-corrected chi connectivity index (χ1v) is 9.49. The maximum absolute atomic E-state index is 12.9. The van der Waals surface area contributed by atoms with Gasteiger partial charge in [0.05, 0.1) is 17.7 Å². The molecule has 1 aliphatic rings. The highest BCUT2D eigenvalue weighted by Gasteiger charge is 2.16. The van der Waals surface area contributed by atoms with Crippen LogP contribution < -0.4 is 10.2 Å². The molecule has 4 rings (SSSR count). The van der Waals surface area contributed by atoms with E-state index in [1.807, 2.05) is 53.2 Å². The first-order valence-electron chi connectivity index (χ1n) is 9.49. The normalized spacial score (nSPS) is 14.1. The van der Waals surface area contributed by atoms with E-state index >= 15 is 0 Å². The maximum Gasteiger partial charge on any atom is 0.255 e. The smallest absolute Gasteiger partial charge is 0.255 e. The zero-order valence-electron chi connectivity index (χ0n) is 15.3. The lowest BCUT2D eigenvalue weighted by Crippen LogP contribution is -2.30. The number of carbonyl (C=O) groups is 1. The summed E-state index contributed by atoms with van der Waals surface area (Å²) >= 11 is 0. The number of piperidine rings is 1. The molecule has 0 unspecified atom stereocenters. The van der Waals surface area contributed by atoms with Gasteiger partial charge < -0.3 is 14.8 Å². The number of hydrogen-bond donors (Lipinski definition) is 1. The van der Waals surface area contributed by atoms with Crippen molar-refractivity contribution in [3.05, 3.63) is 78.4 Å². The molecule has 1 aromatic heterocycles. The van der Waals surface area contributed by atoms with Crippen LogP contribution in [0.2, 0.25) is 0 Å². The summed E-state index contributed by atoms with van der Waals surface area (Å²) in [6.07, 6.45) is 9.16. The van der Waals surface area contributed by atoms with E-state index in [0.29, 0.717) is 12.1 Å². The van der Waals surface area contributed by atoms with Gasteiger partial charge in [0.1, 0.15) is 0 Å². The van der Waals surface area contributed by atoms with Gasteiger partial charge in [-0.25, -0.2) is 4.98 Å². The standard InChI is InChI=1S/C22H24N4O/c27-22(19-8-6-7-18(15-19)16-25-14-11-23-17-25)24-20-9-2-3-10-21(20)26-12-4-1-5-13-26/h2-3,6-11,14-15,17H,1,4-5,12-13,16H2,(H,24,27). The number of benzene rings is 2. The quantitative estimate of drug-likeness (QED) is 0.743. The fourth-order valence-electron chi connectivity index (χ4n) is 3.59. The van der Waals surface area contributed by atoms with E-state index in [0.717, 1.165) is 30.0 Å². The van der Waals surface area contributed by atoms with Crippen molar-refractivity contribution >= 4 is 17.3 Å². The summed E-state index contributed by atoms with van der Waals surface area (Å²) < 4.78 is 1.99. The van der Waals surface area contributed by atoms with Crippen molar-refractivity contribution in [1.82, 2.24) is 9.55 Å². The number of imidazole rings is 1. The first kappa shape index (κ1) is 17.3. The lowest BCUT2D eigenvalue weighted by Gasteiger charge is -2.30. The highest BCUT2D eigenvalue weighted by molar-refractivity contribution is 6.06. The highest BCUT2D eigenvalue weighted by atomic mass is 16.1. The molecule has 1 aliphatic heterocycles. The lowest BCUT2D eigenvalue weighted by atomic mass is 10.1. The van der Waals surface area contributed by atoms with Gasteiger partial charge in [-0.05, 0) is 49.1 Å². The second kappa shape index (κ2) is 8.08. The van der Waals surface area contributed by atoms with Gasteiger partial charge in [-0.15, -0.1) is 0 Å². The molecular weight excluding hydrogens is 336 g/mol. The van der Waals surface area contributed by atoms with Crippen molar-refractivity contribution in [2.75, 3.05) is 23.3 Å². The number of nitrogens with one attached hydrogen (secondary N) is 1. The molecule has 138 valence electrons. The molecule has 0 radical (unpaired) electrons. The van der Waals surface area contributed by atoms with Crippen LogP contribution in [-0.4, -0.2) is 28.5 Å². The number of anilines is 2. The van der Waals surface area contributed by atoms with Crippen LogP contribution in [0.15, 0.2) is 67.3 Å². The van der Waals surface area contributed by atoms with E-state index in [9.17, 15) is 4.79 Å². The Labute approximate surface area is 159 Å². The molecule has 1 saturated heterocycles. The number of nitrogens with zero attached hydrogens (tertiary/aromatic N) is 3. The molecule has 1 N–H and O–H groups in total. The van der Waals surface area contributed by atoms with Gasteiger partial charge in [0.2, 0.25) is 0 Å². The van der Waals surface area contributed by atoms with Crippen molar-refractivity contribution in [3.63, 3.8) is 0 Å². The molecule has 5 nitrogen and oxygen atoms in total. The minimum Gasteiger partial charge on any atom is -0.370 e. The van der Waals surface area contributed by atoms with Gasteiger partial charge >= 0.3 is 0 Å². The maximum atomic E-state index is 12.9. The molecule has 2 heterocycles. The average molecular weight is 360 g/mol. The number of carbonyl (C=O) groups excluding carboxylic acids is 1. The fourth-order valence-corrected chi connectivity index (χ4v) is 3.59. The molecule has 0 saturated carbocycles. The third-order valence-electron chi connectivity index (χ3n) is 4.96. The van der Waals surface area contributed by atoms with Crippen LogP contribution in [0.25, 0.3) is 0 Å². The Morgan fingerprint density at radius 1 is 1.04 bits per heavy atom. The molecular formula is C22H24N4O. The van der Waals surface area contributed by atoms with Crippen LogP contribution in [0, 0.1) is 0 Å². The van der Waals surface area contributed by atoms with Crippen molar-refractivity contribution in [3.8, 4) is 0 Å². The second-order valence-electron chi connectivity index (χ2n) is 6.95. The Hall–Kier alpha value is -3.08. The van der Waals surface area contributed by atoms with Crippen molar-refractivity contribution < 1.29 is 4.79 Å². The number of hydrogen-bond acceptors (Lipinski definition) is 3. The predicted octanol–water partition coefficient (Wildman–Crippen LogP) is 4.17. The van der Waals surface area contributed by atoms with Gasteiger partial charge in [-0.3, -0.25) is 4.79 Å². The van der Waals surface area contributed by atoms with E-state index in [-0.39, 0.29) is 5.91 Å². The number of amides is 1. The van der Waals surface area contributed by atoms with Crippen LogP contribution in [0.1, 0.15) is 35.2 Å². The summed E-state index contributed by atoms with van der Waals surface area (Å²) in [5.41, 5.74) is 3.73. The monoisotopic (exact) mass is 360 g/mol. The molecule has 0 atom stereocenters. The Bertz CT molecular complexity index is 898. The van der Waals surface area contributed by atoms with Crippen LogP contribution in [-0.2, 0) is 6.54 Å². The zero-order valence-corrected chi connectivity index (χ0v) is 15.3. The van der Waals surface area contributed by atoms with E-state index in [2.05, 4.69) is 21.3 Å². The van der Waals surface area contributed by atoms with Gasteiger partial charge in [0.15, 0.2) is 0 Å². The molecule has 5 heteroatoms. The van der Waals surface area contributed by atoms with Crippen molar-refractivity contribution in [2.45, 2.75) is 25.8 Å². The number of aromatic nitrogens is 2. The SMILES string of the molecule is O=C(Nc1ccccc1N1CCCCC1)c1cccc(Cn2ccnc2)c1. The lowest BCUT2D eigenvalue weighted by molar-refractivity contribution is 0.102. The highest BCUT2D eigenvalue weighted by Crippen LogP contribution is 2.28. The minimum absolute atomic E-state index is 0.0769. The summed E-state index contributed by atoms with van der Waals surface area (Å²) in [5, 5.41) is 3.11. The molecule has 3 aromatic rings. The van der Waals surface area contributed by atoms with E-state index < -0.39 is 0 Å². The van der Waals surface area contributed by atoms with E-state index in [1.165, 1.54) is 19.3 Å². The van der Waals surface area contributed by atoms with Crippen molar-refractivity contribution in [1.29, 1.82) is 0 Å². The zero-order chi connectivity index (χ0) is 18.5. The summed E-state index contributed by atoms with van der Waals surface area (Å²) in [5.74, 6) is -0.0769. The largest absolute Gasteiger partial charge is 0.370 e. The average Bonchev–Trinajstić information content (AvgIpc) is 3.22. The van der Waals surface area contributed by atoms with Crippen LogP contribution in [0.4, 0.5) is 11.4 Å². The number of para-hydroxylation sites is 2. The third kappa shape index (κ3) is 4.19. The van der Waals surface area contributed by atoms with E-state index in [4.69, 9.17) is 0 Å². The van der Waals surface area contributed by atoms with Gasteiger partial charge in [-0.1, -0.05) is 24.3 Å². The second-order valence-corrected chi connectivity index (χ2v) is 6.95. The van der Waals surface area contributed by atoms with Crippen LogP contribution in [0.3, 0.4) is 0 Å². The topological polar surface area (TPSA) is 50.2 Å². The Morgan fingerprint density at radius 2 is 1.89 bits per heavy atom. The molecule has 0 aliphatic carbocycles. The molecule has 0 bridgehead atoms. The predicted molar refractivity (Wildman–Crippen MR) is 108 cm³/mol. The summed E-state index contributed by atoms with van der Waals surface area (Å²) in [7, 11) is 0. The molecule has 2 aromatic carbocycles. The fraction of sp³-hybridized carbons (Fsp3) is 0.273. The Kier molecular flexibility index (Phi) is 5.19. The van der Waals surface area contributed by atoms with E-state index in [1.54, 1.807) is 12.5 Å². The molecule has 1 amide bonds. The minimum atomic E-state index is -0.0769. The summed E-state index contributed by atoms with van der Waals surface area (Å²) in [4.78, 5) is 19.3. The van der Waals surface area contributed by atoms with Crippen LogP contribution >= 0.6 is 0 Å². The van der Waals surface area contributed by atoms with Gasteiger partial charge in [-0.2, -0.15) is 0 Å². The van der Waals surface area contributed by atoms with Gasteiger partial charge in [0, 0.05) is 37.6 Å².